The van der Waals surface area contributed by atoms with Crippen LogP contribution >= 0.6 is 0 Å². The second-order valence-corrected chi connectivity index (χ2v) is 4.81. The van der Waals surface area contributed by atoms with E-state index < -0.39 is 11.9 Å². The Kier molecular flexibility index (Phi) is 4.74. The third kappa shape index (κ3) is 3.57. The lowest BCUT2D eigenvalue weighted by Gasteiger charge is -2.29. The van der Waals surface area contributed by atoms with Crippen LogP contribution in [0.25, 0.3) is 6.08 Å². The summed E-state index contributed by atoms with van der Waals surface area (Å²) in [5, 5.41) is 9.53. The Bertz CT molecular complexity index is 516. The normalized spacial score (nSPS) is 19.4. The van der Waals surface area contributed by atoms with Gasteiger partial charge in [-0.15, -0.1) is 0 Å². The van der Waals surface area contributed by atoms with E-state index in [1.165, 1.54) is 25.3 Å². The fourth-order valence-electron chi connectivity index (χ4n) is 2.21. The molecule has 1 saturated heterocycles. The highest BCUT2D eigenvalue weighted by Crippen LogP contribution is 2.18. The summed E-state index contributed by atoms with van der Waals surface area (Å²) in [5.41, 5.74) is 0.592. The molecule has 1 atom stereocenters. The van der Waals surface area contributed by atoms with Crippen molar-refractivity contribution in [3.63, 3.8) is 0 Å². The van der Waals surface area contributed by atoms with Crippen LogP contribution in [0, 0.1) is 5.82 Å². The highest BCUT2D eigenvalue weighted by atomic mass is 19.1. The minimum Gasteiger partial charge on any atom is -0.494 e. The zero-order chi connectivity index (χ0) is 14.5. The van der Waals surface area contributed by atoms with Gasteiger partial charge in [-0.2, -0.15) is 0 Å². The van der Waals surface area contributed by atoms with Crippen LogP contribution in [0.4, 0.5) is 4.39 Å². The number of benzene rings is 1. The van der Waals surface area contributed by atoms with Crippen LogP contribution in [0.5, 0.6) is 5.75 Å². The first-order valence-electron chi connectivity index (χ1n) is 6.58. The number of methoxy groups -OCH3 is 1. The summed E-state index contributed by atoms with van der Waals surface area (Å²) < 4.78 is 18.3. The number of halogens is 1. The molecule has 0 aliphatic carbocycles. The van der Waals surface area contributed by atoms with E-state index in [1.807, 2.05) is 0 Å². The van der Waals surface area contributed by atoms with Crippen LogP contribution in [0.3, 0.4) is 0 Å². The molecule has 1 aliphatic rings. The molecule has 1 aromatic carbocycles. The molecule has 4 nitrogen and oxygen atoms in total. The topological polar surface area (TPSA) is 49.8 Å². The molecule has 2 rings (SSSR count). The zero-order valence-electron chi connectivity index (χ0n) is 11.4. The monoisotopic (exact) mass is 279 g/mol. The smallest absolute Gasteiger partial charge is 0.246 e. The van der Waals surface area contributed by atoms with Crippen LogP contribution in [0.15, 0.2) is 24.3 Å². The maximum absolute atomic E-state index is 13.5. The molecule has 1 heterocycles. The van der Waals surface area contributed by atoms with Crippen molar-refractivity contribution >= 4 is 12.0 Å². The molecule has 0 saturated carbocycles. The number of carbonyl (C=O) groups excluding carboxylic acids is 1. The second-order valence-electron chi connectivity index (χ2n) is 4.81. The SMILES string of the molecule is COc1ccc(/C=C\C(=O)N2CCC[C@@H](O)C2)cc1F. The van der Waals surface area contributed by atoms with Gasteiger partial charge in [0.05, 0.1) is 13.2 Å². The van der Waals surface area contributed by atoms with Gasteiger partial charge in [-0.1, -0.05) is 6.07 Å². The molecule has 0 spiro atoms. The fourth-order valence-corrected chi connectivity index (χ4v) is 2.21. The number of carbonyl (C=O) groups is 1. The molecule has 0 bridgehead atoms. The van der Waals surface area contributed by atoms with Crippen molar-refractivity contribution in [3.05, 3.63) is 35.7 Å². The second kappa shape index (κ2) is 6.52. The third-order valence-electron chi connectivity index (χ3n) is 3.30. The summed E-state index contributed by atoms with van der Waals surface area (Å²) in [6.07, 6.45) is 4.06. The predicted molar refractivity (Wildman–Crippen MR) is 73.8 cm³/mol. The Morgan fingerprint density at radius 2 is 2.35 bits per heavy atom. The average Bonchev–Trinajstić information content (AvgIpc) is 2.45. The molecule has 5 heteroatoms. The number of amides is 1. The van der Waals surface area contributed by atoms with E-state index in [0.29, 0.717) is 18.7 Å². The molecule has 0 aromatic heterocycles. The quantitative estimate of drug-likeness (QED) is 0.859. The van der Waals surface area contributed by atoms with Gasteiger partial charge >= 0.3 is 0 Å². The van der Waals surface area contributed by atoms with Crippen LogP contribution in [0.2, 0.25) is 0 Å². The maximum atomic E-state index is 13.5. The molecule has 20 heavy (non-hydrogen) atoms. The molecule has 1 N–H and O–H groups in total. The summed E-state index contributed by atoms with van der Waals surface area (Å²) in [6, 6.07) is 4.51. The molecule has 1 aromatic rings. The lowest BCUT2D eigenvalue weighted by atomic mass is 10.1. The van der Waals surface area contributed by atoms with Crippen LogP contribution in [-0.4, -0.2) is 42.2 Å². The summed E-state index contributed by atoms with van der Waals surface area (Å²) in [5.74, 6) is -0.455. The van der Waals surface area contributed by atoms with E-state index in [1.54, 1.807) is 17.0 Å². The van der Waals surface area contributed by atoms with Crippen molar-refractivity contribution in [2.75, 3.05) is 20.2 Å². The number of rotatable bonds is 3. The van der Waals surface area contributed by atoms with Crippen molar-refractivity contribution < 1.29 is 19.0 Å². The van der Waals surface area contributed by atoms with E-state index in [-0.39, 0.29) is 11.7 Å². The van der Waals surface area contributed by atoms with Gasteiger partial charge in [0.15, 0.2) is 11.6 Å². The van der Waals surface area contributed by atoms with E-state index >= 15 is 0 Å². The molecule has 0 radical (unpaired) electrons. The molecule has 108 valence electrons. The average molecular weight is 279 g/mol. The molecular weight excluding hydrogens is 261 g/mol. The highest BCUT2D eigenvalue weighted by molar-refractivity contribution is 5.91. The predicted octanol–water partition coefficient (Wildman–Crippen LogP) is 1.83. The first-order valence-corrected chi connectivity index (χ1v) is 6.58. The Hall–Kier alpha value is -1.88. The van der Waals surface area contributed by atoms with Gasteiger partial charge in [-0.25, -0.2) is 4.39 Å². The summed E-state index contributed by atoms with van der Waals surface area (Å²) >= 11 is 0. The Labute approximate surface area is 117 Å². The number of hydrogen-bond acceptors (Lipinski definition) is 3. The van der Waals surface area contributed by atoms with Crippen molar-refractivity contribution in [3.8, 4) is 5.75 Å². The van der Waals surface area contributed by atoms with Crippen molar-refractivity contribution in [1.82, 2.24) is 4.90 Å². The number of aliphatic hydroxyl groups excluding tert-OH is 1. The largest absolute Gasteiger partial charge is 0.494 e. The minimum atomic E-state index is -0.463. The van der Waals surface area contributed by atoms with Crippen molar-refractivity contribution in [1.29, 1.82) is 0 Å². The molecule has 1 fully saturated rings. The Morgan fingerprint density at radius 1 is 1.55 bits per heavy atom. The fraction of sp³-hybridized carbons (Fsp3) is 0.400. The minimum absolute atomic E-state index is 0.167. The van der Waals surface area contributed by atoms with Gasteiger partial charge in [0, 0.05) is 19.2 Å². The van der Waals surface area contributed by atoms with Gasteiger partial charge in [0.25, 0.3) is 0 Å². The van der Waals surface area contributed by atoms with E-state index in [9.17, 15) is 14.3 Å². The Balaban J connectivity index is 2.01. The highest BCUT2D eigenvalue weighted by Gasteiger charge is 2.20. The Morgan fingerprint density at radius 3 is 3.00 bits per heavy atom. The van der Waals surface area contributed by atoms with Crippen LogP contribution < -0.4 is 4.74 Å². The molecule has 1 amide bonds. The maximum Gasteiger partial charge on any atom is 0.246 e. The summed E-state index contributed by atoms with van der Waals surface area (Å²) in [4.78, 5) is 13.5. The number of piperidine rings is 1. The lowest BCUT2D eigenvalue weighted by Crippen LogP contribution is -2.41. The summed E-state index contributed by atoms with van der Waals surface area (Å²) in [7, 11) is 1.40. The number of β-amino-alcohol motifs (C(OH)–C–C–N with tert-alkyl or cyclic N) is 1. The molecule has 0 unspecified atom stereocenters. The number of likely N-dealkylation sites (tertiary alicyclic amines) is 1. The third-order valence-corrected chi connectivity index (χ3v) is 3.30. The first kappa shape index (κ1) is 14.5. The van der Waals surface area contributed by atoms with Gasteiger partial charge in [-0.05, 0) is 36.6 Å². The number of aliphatic hydroxyl groups is 1. The number of nitrogens with zero attached hydrogens (tertiary/aromatic N) is 1. The molecular formula is C15H18FNO3. The lowest BCUT2D eigenvalue weighted by molar-refractivity contribution is -0.128. The van der Waals surface area contributed by atoms with E-state index in [0.717, 1.165) is 12.8 Å². The first-order chi connectivity index (χ1) is 9.60. The number of ether oxygens (including phenoxy) is 1. The van der Waals surface area contributed by atoms with Gasteiger partial charge in [0.2, 0.25) is 5.91 Å². The molecule has 1 aliphatic heterocycles. The van der Waals surface area contributed by atoms with Crippen LogP contribution in [-0.2, 0) is 4.79 Å². The summed E-state index contributed by atoms with van der Waals surface area (Å²) in [6.45, 7) is 1.01. The van der Waals surface area contributed by atoms with Crippen molar-refractivity contribution in [2.45, 2.75) is 18.9 Å². The van der Waals surface area contributed by atoms with Crippen molar-refractivity contribution in [2.24, 2.45) is 0 Å². The van der Waals surface area contributed by atoms with Gasteiger partial charge in [0.1, 0.15) is 0 Å². The van der Waals surface area contributed by atoms with E-state index in [4.69, 9.17) is 4.74 Å². The van der Waals surface area contributed by atoms with Gasteiger partial charge in [-0.3, -0.25) is 4.79 Å². The number of hydrogen-bond donors (Lipinski definition) is 1. The van der Waals surface area contributed by atoms with Crippen LogP contribution in [0.1, 0.15) is 18.4 Å². The van der Waals surface area contributed by atoms with E-state index in [2.05, 4.69) is 0 Å². The van der Waals surface area contributed by atoms with Gasteiger partial charge < -0.3 is 14.7 Å². The standard InChI is InChI=1S/C15H18FNO3/c1-20-14-6-4-11(9-13(14)16)5-7-15(19)17-8-2-3-12(18)10-17/h4-7,9,12,18H,2-3,8,10H2,1H3/b7-5-/t12-/m1/s1. The zero-order valence-corrected chi connectivity index (χ0v) is 11.4.